The summed E-state index contributed by atoms with van der Waals surface area (Å²) in [5, 5.41) is 0. The highest BCUT2D eigenvalue weighted by Gasteiger charge is 2.44. The van der Waals surface area contributed by atoms with Crippen LogP contribution in [0.1, 0.15) is 40.0 Å². The smallest absolute Gasteiger partial charge is 0.190 e. The van der Waals surface area contributed by atoms with Gasteiger partial charge in [-0.25, -0.2) is 0 Å². The molecule has 0 aromatic rings. The minimum Gasteiger partial charge on any atom is -0.417 e. The zero-order valence-electron chi connectivity index (χ0n) is 12.1. The van der Waals surface area contributed by atoms with Gasteiger partial charge in [0.15, 0.2) is 8.32 Å². The number of hydrogen-bond acceptors (Lipinski definition) is 1. The van der Waals surface area contributed by atoms with Crippen LogP contribution >= 0.6 is 0 Å². The second kappa shape index (κ2) is 4.54. The maximum absolute atomic E-state index is 6.23. The molecule has 3 atom stereocenters. The van der Waals surface area contributed by atoms with E-state index in [2.05, 4.69) is 46.0 Å². The molecule has 0 spiro atoms. The third-order valence-corrected chi connectivity index (χ3v) is 8.17. The van der Waals surface area contributed by atoms with E-state index in [0.717, 1.165) is 24.0 Å². The Hall–Kier alpha value is -0.0831. The van der Waals surface area contributed by atoms with E-state index in [1.54, 1.807) is 0 Å². The molecule has 1 aliphatic heterocycles. The average Bonchev–Trinajstić information content (AvgIpc) is 2.36. The van der Waals surface area contributed by atoms with Crippen LogP contribution in [0.25, 0.3) is 0 Å². The van der Waals surface area contributed by atoms with Crippen molar-refractivity contribution in [1.29, 1.82) is 0 Å². The lowest BCUT2D eigenvalue weighted by Crippen LogP contribution is -2.41. The first-order valence-electron chi connectivity index (χ1n) is 7.13. The molecule has 1 nitrogen and oxygen atoms in total. The van der Waals surface area contributed by atoms with E-state index in [-0.39, 0.29) is 0 Å². The molecule has 1 heterocycles. The molecule has 2 aliphatic rings. The molecule has 1 aliphatic carbocycles. The van der Waals surface area contributed by atoms with E-state index in [0.29, 0.717) is 5.41 Å². The van der Waals surface area contributed by atoms with Crippen molar-refractivity contribution < 1.29 is 4.43 Å². The van der Waals surface area contributed by atoms with E-state index in [1.165, 1.54) is 19.3 Å². The molecule has 2 rings (SSSR count). The van der Waals surface area contributed by atoms with Crippen molar-refractivity contribution in [3.8, 4) is 0 Å². The molecule has 1 unspecified atom stereocenters. The number of rotatable bonds is 0. The van der Waals surface area contributed by atoms with Gasteiger partial charge in [-0.1, -0.05) is 32.9 Å². The zero-order chi connectivity index (χ0) is 12.7. The predicted octanol–water partition coefficient (Wildman–Crippen LogP) is 4.61. The molecule has 0 amide bonds. The van der Waals surface area contributed by atoms with Crippen LogP contribution in [0, 0.1) is 17.3 Å². The van der Waals surface area contributed by atoms with Crippen LogP contribution in [-0.4, -0.2) is 14.9 Å². The summed E-state index contributed by atoms with van der Waals surface area (Å²) >= 11 is 0. The molecule has 0 radical (unpaired) electrons. The normalized spacial score (nSPS) is 37.4. The third-order valence-electron chi connectivity index (χ3n) is 4.78. The van der Waals surface area contributed by atoms with Crippen LogP contribution in [0.4, 0.5) is 0 Å². The topological polar surface area (TPSA) is 9.23 Å². The lowest BCUT2D eigenvalue weighted by atomic mass is 9.73. The Morgan fingerprint density at radius 2 is 1.88 bits per heavy atom. The van der Waals surface area contributed by atoms with Gasteiger partial charge in [0.2, 0.25) is 0 Å². The lowest BCUT2D eigenvalue weighted by Gasteiger charge is -2.42. The second-order valence-electron chi connectivity index (χ2n) is 7.46. The quantitative estimate of drug-likeness (QED) is 0.452. The standard InChI is InChI=1S/C15H28OSi/c1-15(2,3)13-9-8-12-7-6-10-16-17(4,5)14(12)11-13/h8-9,12-14H,6-7,10-11H2,1-5H3/t12-,13+,14?/m0/s1. The molecule has 0 aromatic heterocycles. The van der Waals surface area contributed by atoms with Gasteiger partial charge >= 0.3 is 0 Å². The van der Waals surface area contributed by atoms with E-state index >= 15 is 0 Å². The van der Waals surface area contributed by atoms with Crippen molar-refractivity contribution >= 4 is 8.32 Å². The minimum atomic E-state index is -1.47. The molecular weight excluding hydrogens is 224 g/mol. The molecule has 0 N–H and O–H groups in total. The average molecular weight is 252 g/mol. The third kappa shape index (κ3) is 2.85. The molecule has 1 fully saturated rings. The number of allylic oxidation sites excluding steroid dienone is 2. The van der Waals surface area contributed by atoms with Crippen LogP contribution in [0.2, 0.25) is 18.6 Å². The zero-order valence-corrected chi connectivity index (χ0v) is 13.1. The van der Waals surface area contributed by atoms with Crippen LogP contribution in [0.5, 0.6) is 0 Å². The van der Waals surface area contributed by atoms with Gasteiger partial charge in [-0.15, -0.1) is 0 Å². The molecular formula is C15H28OSi. The molecule has 2 heteroatoms. The van der Waals surface area contributed by atoms with Gasteiger partial charge in [0, 0.05) is 6.61 Å². The van der Waals surface area contributed by atoms with Gasteiger partial charge in [0.05, 0.1) is 0 Å². The van der Waals surface area contributed by atoms with Gasteiger partial charge < -0.3 is 4.43 Å². The fraction of sp³-hybridized carbons (Fsp3) is 0.867. The summed E-state index contributed by atoms with van der Waals surface area (Å²) in [4.78, 5) is 0. The Morgan fingerprint density at radius 3 is 2.53 bits per heavy atom. The SMILES string of the molecule is CC(C)(C)[C@@H]1C=C[C@@H]2CCCO[Si](C)(C)C2C1. The van der Waals surface area contributed by atoms with Crippen molar-refractivity contribution in [3.63, 3.8) is 0 Å². The summed E-state index contributed by atoms with van der Waals surface area (Å²) in [6.07, 6.45) is 8.96. The lowest BCUT2D eigenvalue weighted by molar-refractivity contribution is 0.243. The van der Waals surface area contributed by atoms with E-state index in [4.69, 9.17) is 4.43 Å². The second-order valence-corrected chi connectivity index (χ2v) is 11.7. The van der Waals surface area contributed by atoms with Crippen molar-refractivity contribution in [2.24, 2.45) is 17.3 Å². The summed E-state index contributed by atoms with van der Waals surface area (Å²) < 4.78 is 6.23. The molecule has 0 aromatic carbocycles. The van der Waals surface area contributed by atoms with Crippen molar-refractivity contribution in [1.82, 2.24) is 0 Å². The highest BCUT2D eigenvalue weighted by molar-refractivity contribution is 6.72. The molecule has 0 saturated carbocycles. The molecule has 1 saturated heterocycles. The predicted molar refractivity (Wildman–Crippen MR) is 76.6 cm³/mol. The molecule has 0 bridgehead atoms. The Balaban J connectivity index is 2.22. The van der Waals surface area contributed by atoms with Crippen LogP contribution < -0.4 is 0 Å². The number of hydrogen-bond donors (Lipinski definition) is 0. The summed E-state index contributed by atoms with van der Waals surface area (Å²) in [5.41, 5.74) is 1.23. The maximum Gasteiger partial charge on any atom is 0.190 e. The number of fused-ring (bicyclic) bond motifs is 1. The first-order chi connectivity index (χ1) is 7.81. The largest absolute Gasteiger partial charge is 0.417 e. The summed E-state index contributed by atoms with van der Waals surface area (Å²) in [7, 11) is -1.47. The highest BCUT2D eigenvalue weighted by atomic mass is 28.4. The van der Waals surface area contributed by atoms with Gasteiger partial charge in [-0.2, -0.15) is 0 Å². The van der Waals surface area contributed by atoms with Crippen LogP contribution in [0.15, 0.2) is 12.2 Å². The van der Waals surface area contributed by atoms with E-state index in [1.807, 2.05) is 0 Å². The summed E-state index contributed by atoms with van der Waals surface area (Å²) in [6, 6.07) is 0. The highest BCUT2D eigenvalue weighted by Crippen LogP contribution is 2.48. The fourth-order valence-corrected chi connectivity index (χ4v) is 6.45. The van der Waals surface area contributed by atoms with Crippen molar-refractivity contribution in [2.75, 3.05) is 6.61 Å². The summed E-state index contributed by atoms with van der Waals surface area (Å²) in [6.45, 7) is 13.0. The van der Waals surface area contributed by atoms with Crippen LogP contribution in [0.3, 0.4) is 0 Å². The Bertz CT molecular complexity index is 301. The first kappa shape index (κ1) is 13.4. The Labute approximate surface area is 108 Å². The molecule has 17 heavy (non-hydrogen) atoms. The van der Waals surface area contributed by atoms with E-state index < -0.39 is 8.32 Å². The van der Waals surface area contributed by atoms with Gasteiger partial charge in [0.1, 0.15) is 0 Å². The van der Waals surface area contributed by atoms with Crippen LogP contribution in [-0.2, 0) is 4.43 Å². The Morgan fingerprint density at radius 1 is 1.18 bits per heavy atom. The Kier molecular flexibility index (Phi) is 3.57. The van der Waals surface area contributed by atoms with E-state index in [9.17, 15) is 0 Å². The van der Waals surface area contributed by atoms with Crippen molar-refractivity contribution in [2.45, 2.75) is 58.7 Å². The van der Waals surface area contributed by atoms with Crippen molar-refractivity contribution in [3.05, 3.63) is 12.2 Å². The first-order valence-corrected chi connectivity index (χ1v) is 10.1. The molecule has 98 valence electrons. The maximum atomic E-state index is 6.23. The monoisotopic (exact) mass is 252 g/mol. The fourth-order valence-electron chi connectivity index (χ4n) is 3.44. The van der Waals surface area contributed by atoms with Gasteiger partial charge in [-0.3, -0.25) is 0 Å². The van der Waals surface area contributed by atoms with Gasteiger partial charge in [-0.05, 0) is 55.1 Å². The minimum absolute atomic E-state index is 0.401. The summed E-state index contributed by atoms with van der Waals surface area (Å²) in [5.74, 6) is 1.54. The van der Waals surface area contributed by atoms with Gasteiger partial charge in [0.25, 0.3) is 0 Å².